The molecule has 156 valence electrons. The molecule has 0 saturated carbocycles. The molecule has 1 atom stereocenters. The minimum atomic E-state index is -0.0495. The summed E-state index contributed by atoms with van der Waals surface area (Å²) in [6, 6.07) is 6.10. The Labute approximate surface area is 182 Å². The number of fused-ring (bicyclic) bond motifs is 1. The van der Waals surface area contributed by atoms with Gasteiger partial charge < -0.3 is 9.51 Å². The van der Waals surface area contributed by atoms with Crippen molar-refractivity contribution in [3.8, 4) is 10.4 Å². The first-order chi connectivity index (χ1) is 14.6. The lowest BCUT2D eigenvalue weighted by Gasteiger charge is -2.37. The van der Waals surface area contributed by atoms with E-state index in [1.807, 2.05) is 35.9 Å². The average Bonchev–Trinajstić information content (AvgIpc) is 3.49. The van der Waals surface area contributed by atoms with Gasteiger partial charge in [0.1, 0.15) is 16.4 Å². The summed E-state index contributed by atoms with van der Waals surface area (Å²) in [6.45, 7) is 8.58. The van der Waals surface area contributed by atoms with Crippen molar-refractivity contribution < 1.29 is 4.52 Å². The van der Waals surface area contributed by atoms with Crippen molar-refractivity contribution in [1.82, 2.24) is 24.9 Å². The number of hydrogen-bond donors (Lipinski definition) is 1. The fourth-order valence-electron chi connectivity index (χ4n) is 3.98. The Bertz CT molecular complexity index is 1200. The molecule has 1 N–H and O–H groups in total. The predicted octanol–water partition coefficient (Wildman–Crippen LogP) is 3.89. The molecule has 1 saturated heterocycles. The van der Waals surface area contributed by atoms with Crippen molar-refractivity contribution in [2.45, 2.75) is 26.4 Å². The van der Waals surface area contributed by atoms with Gasteiger partial charge in [-0.15, -0.1) is 22.7 Å². The van der Waals surface area contributed by atoms with Crippen LogP contribution in [-0.2, 0) is 6.54 Å². The topological polar surface area (TPSA) is 78.3 Å². The van der Waals surface area contributed by atoms with Crippen LogP contribution in [-0.4, -0.2) is 51.1 Å². The Morgan fingerprint density at radius 3 is 2.80 bits per heavy atom. The largest absolute Gasteiger partial charge is 0.361 e. The van der Waals surface area contributed by atoms with E-state index < -0.39 is 0 Å². The predicted molar refractivity (Wildman–Crippen MR) is 120 cm³/mol. The van der Waals surface area contributed by atoms with E-state index in [0.717, 1.165) is 65.3 Å². The average molecular weight is 442 g/mol. The van der Waals surface area contributed by atoms with Gasteiger partial charge in [-0.3, -0.25) is 14.6 Å². The Hall–Kier alpha value is -2.33. The molecule has 30 heavy (non-hydrogen) atoms. The van der Waals surface area contributed by atoms with Gasteiger partial charge in [-0.05, 0) is 25.3 Å². The third kappa shape index (κ3) is 3.74. The molecular weight excluding hydrogens is 418 g/mol. The number of thiophene rings is 2. The second-order valence-corrected chi connectivity index (χ2v) is 9.48. The monoisotopic (exact) mass is 441 g/mol. The molecule has 1 fully saturated rings. The van der Waals surface area contributed by atoms with Gasteiger partial charge in [0.05, 0.1) is 17.1 Å². The lowest BCUT2D eigenvalue weighted by atomic mass is 10.2. The van der Waals surface area contributed by atoms with Gasteiger partial charge in [0.25, 0.3) is 5.56 Å². The van der Waals surface area contributed by atoms with Crippen molar-refractivity contribution in [1.29, 1.82) is 0 Å². The first-order valence-corrected chi connectivity index (χ1v) is 11.8. The molecule has 5 rings (SSSR count). The number of nitrogens with one attached hydrogen (secondary N) is 1. The molecule has 1 aliphatic rings. The van der Waals surface area contributed by atoms with E-state index in [4.69, 9.17) is 9.51 Å². The van der Waals surface area contributed by atoms with Crippen LogP contribution in [0.3, 0.4) is 0 Å². The molecule has 0 amide bonds. The van der Waals surface area contributed by atoms with Gasteiger partial charge >= 0.3 is 0 Å². The summed E-state index contributed by atoms with van der Waals surface area (Å²) in [6.07, 6.45) is 0. The fourth-order valence-corrected chi connectivity index (χ4v) is 5.75. The van der Waals surface area contributed by atoms with Gasteiger partial charge in [0.2, 0.25) is 0 Å². The molecule has 0 spiro atoms. The number of aromatic amines is 1. The van der Waals surface area contributed by atoms with Crippen molar-refractivity contribution in [2.75, 3.05) is 26.2 Å². The normalized spacial score (nSPS) is 17.0. The van der Waals surface area contributed by atoms with Crippen LogP contribution < -0.4 is 5.56 Å². The van der Waals surface area contributed by atoms with Crippen LogP contribution in [0.5, 0.6) is 0 Å². The van der Waals surface area contributed by atoms with Gasteiger partial charge in [-0.1, -0.05) is 11.2 Å². The van der Waals surface area contributed by atoms with E-state index in [2.05, 4.69) is 26.9 Å². The summed E-state index contributed by atoms with van der Waals surface area (Å²) in [5.41, 5.74) is 1.91. The fraction of sp³-hybridized carbons (Fsp3) is 0.381. The number of H-pyrrole nitrogens is 1. The second kappa shape index (κ2) is 8.07. The maximum absolute atomic E-state index is 12.9. The van der Waals surface area contributed by atoms with E-state index >= 15 is 0 Å². The van der Waals surface area contributed by atoms with E-state index in [1.165, 1.54) is 0 Å². The second-order valence-electron chi connectivity index (χ2n) is 7.67. The summed E-state index contributed by atoms with van der Waals surface area (Å²) in [5, 5.41) is 8.86. The molecule has 0 radical (unpaired) electrons. The summed E-state index contributed by atoms with van der Waals surface area (Å²) in [4.78, 5) is 27.4. The number of hydrogen-bond acceptors (Lipinski definition) is 8. The molecular formula is C21H23N5O2S2. The summed E-state index contributed by atoms with van der Waals surface area (Å²) >= 11 is 3.18. The van der Waals surface area contributed by atoms with Gasteiger partial charge in [-0.2, -0.15) is 0 Å². The van der Waals surface area contributed by atoms with Crippen LogP contribution >= 0.6 is 22.7 Å². The summed E-state index contributed by atoms with van der Waals surface area (Å²) in [5.74, 6) is 1.59. The maximum atomic E-state index is 12.9. The number of nitrogens with zero attached hydrogens (tertiary/aromatic N) is 4. The molecule has 0 bridgehead atoms. The summed E-state index contributed by atoms with van der Waals surface area (Å²) < 4.78 is 5.17. The molecule has 4 aromatic heterocycles. The van der Waals surface area contributed by atoms with E-state index in [0.29, 0.717) is 5.39 Å². The van der Waals surface area contributed by atoms with Crippen molar-refractivity contribution in [2.24, 2.45) is 0 Å². The highest BCUT2D eigenvalue weighted by molar-refractivity contribution is 7.18. The van der Waals surface area contributed by atoms with E-state index in [9.17, 15) is 4.79 Å². The van der Waals surface area contributed by atoms with Crippen LogP contribution in [0.15, 0.2) is 38.3 Å². The molecule has 7 nitrogen and oxygen atoms in total. The minimum Gasteiger partial charge on any atom is -0.361 e. The molecule has 1 aliphatic heterocycles. The van der Waals surface area contributed by atoms with Gasteiger partial charge in [0.15, 0.2) is 0 Å². The smallest absolute Gasteiger partial charge is 0.260 e. The lowest BCUT2D eigenvalue weighted by molar-refractivity contribution is 0.0933. The maximum Gasteiger partial charge on any atom is 0.260 e. The first kappa shape index (κ1) is 19.6. The SMILES string of the molecule is Cc1cc(CN2CCN([C@H](C)c3nc4scc(-c5cccs5)c4c(=O)[nH]3)CC2)no1. The van der Waals surface area contributed by atoms with Gasteiger partial charge in [-0.25, -0.2) is 4.98 Å². The highest BCUT2D eigenvalue weighted by atomic mass is 32.1. The first-order valence-electron chi connectivity index (χ1n) is 10.0. The minimum absolute atomic E-state index is 0.0495. The molecule has 5 heterocycles. The summed E-state index contributed by atoms with van der Waals surface area (Å²) in [7, 11) is 0. The van der Waals surface area contributed by atoms with Crippen LogP contribution in [0.1, 0.15) is 30.2 Å². The zero-order valence-electron chi connectivity index (χ0n) is 16.9. The molecule has 0 aliphatic carbocycles. The van der Waals surface area contributed by atoms with Crippen molar-refractivity contribution in [3.05, 3.63) is 56.6 Å². The zero-order chi connectivity index (χ0) is 20.7. The molecule has 4 aromatic rings. The molecule has 0 aromatic carbocycles. The Morgan fingerprint density at radius 1 is 1.27 bits per heavy atom. The standard InChI is InChI=1S/C21H23N5O2S2/c1-13-10-15(24-28-13)11-25-5-7-26(8-6-25)14(2)19-22-20(27)18-16(12-30-21(18)23-19)17-4-3-9-29-17/h3-4,9-10,12,14H,5-8,11H2,1-2H3,(H,22,23,27)/t14-/m1/s1. The number of piperazine rings is 1. The lowest BCUT2D eigenvalue weighted by Crippen LogP contribution is -2.47. The number of aryl methyl sites for hydroxylation is 1. The Kier molecular flexibility index (Phi) is 5.28. The quantitative estimate of drug-likeness (QED) is 0.506. The Morgan fingerprint density at radius 2 is 2.10 bits per heavy atom. The number of rotatable bonds is 5. The molecule has 9 heteroatoms. The highest BCUT2D eigenvalue weighted by Crippen LogP contribution is 2.34. The van der Waals surface area contributed by atoms with Crippen molar-refractivity contribution in [3.63, 3.8) is 0 Å². The third-order valence-corrected chi connectivity index (χ3v) is 7.44. The van der Waals surface area contributed by atoms with E-state index in [1.54, 1.807) is 22.7 Å². The van der Waals surface area contributed by atoms with E-state index in [-0.39, 0.29) is 11.6 Å². The van der Waals surface area contributed by atoms with Gasteiger partial charge in [0, 0.05) is 54.6 Å². The number of aromatic nitrogens is 3. The van der Waals surface area contributed by atoms with Crippen LogP contribution in [0.2, 0.25) is 0 Å². The molecule has 0 unspecified atom stereocenters. The zero-order valence-corrected chi connectivity index (χ0v) is 18.6. The highest BCUT2D eigenvalue weighted by Gasteiger charge is 2.25. The van der Waals surface area contributed by atoms with Crippen molar-refractivity contribution >= 4 is 32.9 Å². The third-order valence-electron chi connectivity index (χ3n) is 5.66. The van der Waals surface area contributed by atoms with Crippen LogP contribution in [0.4, 0.5) is 0 Å². The Balaban J connectivity index is 1.30. The van der Waals surface area contributed by atoms with Crippen LogP contribution in [0, 0.1) is 6.92 Å². The van der Waals surface area contributed by atoms with Crippen LogP contribution in [0.25, 0.3) is 20.7 Å².